The number of benzene rings is 1. The van der Waals surface area contributed by atoms with E-state index in [0.717, 1.165) is 5.56 Å². The van der Waals surface area contributed by atoms with Crippen LogP contribution in [0.25, 0.3) is 11.1 Å². The van der Waals surface area contributed by atoms with Crippen LogP contribution in [0.15, 0.2) is 47.7 Å². The monoisotopic (exact) mass is 270 g/mol. The summed E-state index contributed by atoms with van der Waals surface area (Å²) in [7, 11) is 0. The van der Waals surface area contributed by atoms with Crippen molar-refractivity contribution in [2.75, 3.05) is 0 Å². The van der Waals surface area contributed by atoms with Gasteiger partial charge >= 0.3 is 5.97 Å². The lowest BCUT2D eigenvalue weighted by Gasteiger charge is -2.06. The van der Waals surface area contributed by atoms with E-state index in [1.165, 1.54) is 10.9 Å². The van der Waals surface area contributed by atoms with E-state index in [4.69, 9.17) is 5.11 Å². The molecule has 1 aliphatic rings. The maximum atomic E-state index is 12.4. The van der Waals surface area contributed by atoms with Crippen LogP contribution in [-0.2, 0) is 11.3 Å². The minimum Gasteiger partial charge on any atom is -0.481 e. The van der Waals surface area contributed by atoms with Crippen LogP contribution in [-0.4, -0.2) is 20.6 Å². The molecule has 0 radical (unpaired) electrons. The molecule has 1 heterocycles. The summed E-state index contributed by atoms with van der Waals surface area (Å²) >= 11 is 0. The Bertz CT molecular complexity index is 694. The molecule has 1 saturated carbocycles. The van der Waals surface area contributed by atoms with E-state index >= 15 is 0 Å². The van der Waals surface area contributed by atoms with E-state index in [0.29, 0.717) is 18.5 Å². The first-order valence-electron chi connectivity index (χ1n) is 6.49. The molecule has 2 atom stereocenters. The van der Waals surface area contributed by atoms with Gasteiger partial charge in [0, 0.05) is 12.7 Å². The zero-order chi connectivity index (χ0) is 14.1. The smallest absolute Gasteiger partial charge is 0.306 e. The first kappa shape index (κ1) is 12.6. The predicted octanol–water partition coefficient (Wildman–Crippen LogP) is 1.63. The van der Waals surface area contributed by atoms with Crippen molar-refractivity contribution in [1.29, 1.82) is 0 Å². The summed E-state index contributed by atoms with van der Waals surface area (Å²) in [5.74, 6) is -1.06. The summed E-state index contributed by atoms with van der Waals surface area (Å²) in [6.07, 6.45) is 3.67. The molecule has 1 aromatic carbocycles. The van der Waals surface area contributed by atoms with Gasteiger partial charge in [-0.25, -0.2) is 4.98 Å². The Morgan fingerprint density at radius 1 is 1.35 bits per heavy atom. The van der Waals surface area contributed by atoms with E-state index in [1.807, 2.05) is 30.3 Å². The Balaban J connectivity index is 1.87. The summed E-state index contributed by atoms with van der Waals surface area (Å²) in [6.45, 7) is 0.420. The Labute approximate surface area is 115 Å². The van der Waals surface area contributed by atoms with Crippen molar-refractivity contribution >= 4 is 5.97 Å². The Kier molecular flexibility index (Phi) is 3.10. The fourth-order valence-electron chi connectivity index (χ4n) is 2.40. The average molecular weight is 270 g/mol. The highest BCUT2D eigenvalue weighted by molar-refractivity contribution is 5.73. The number of carboxylic acid groups (broad SMARTS) is 1. The maximum absolute atomic E-state index is 12.4. The molecule has 0 amide bonds. The Morgan fingerprint density at radius 3 is 2.75 bits per heavy atom. The molecule has 1 aromatic heterocycles. The van der Waals surface area contributed by atoms with Crippen molar-refractivity contribution in [3.05, 3.63) is 53.2 Å². The fourth-order valence-corrected chi connectivity index (χ4v) is 2.40. The zero-order valence-electron chi connectivity index (χ0n) is 10.8. The molecule has 2 aromatic rings. The van der Waals surface area contributed by atoms with Crippen LogP contribution in [0, 0.1) is 11.8 Å². The van der Waals surface area contributed by atoms with Crippen LogP contribution in [0.5, 0.6) is 0 Å². The van der Waals surface area contributed by atoms with Gasteiger partial charge in [-0.1, -0.05) is 30.3 Å². The van der Waals surface area contributed by atoms with Gasteiger partial charge in [0.05, 0.1) is 17.8 Å². The minimum absolute atomic E-state index is 0.0398. The molecule has 1 fully saturated rings. The van der Waals surface area contributed by atoms with Gasteiger partial charge in [0.25, 0.3) is 5.56 Å². The zero-order valence-corrected chi connectivity index (χ0v) is 10.8. The maximum Gasteiger partial charge on any atom is 0.306 e. The first-order valence-corrected chi connectivity index (χ1v) is 6.49. The Morgan fingerprint density at radius 2 is 2.10 bits per heavy atom. The molecule has 0 saturated heterocycles. The molecule has 5 nitrogen and oxygen atoms in total. The quantitative estimate of drug-likeness (QED) is 0.916. The third kappa shape index (κ3) is 2.34. The predicted molar refractivity (Wildman–Crippen MR) is 73.2 cm³/mol. The fraction of sp³-hybridized carbons (Fsp3) is 0.267. The number of rotatable bonds is 4. The topological polar surface area (TPSA) is 72.2 Å². The SMILES string of the molecule is O=C(O)[C@@H]1C[C@H]1Cn1cncc(-c2ccccc2)c1=O. The molecule has 0 spiro atoms. The normalized spacial score (nSPS) is 20.6. The molecule has 0 aliphatic heterocycles. The lowest BCUT2D eigenvalue weighted by Crippen LogP contribution is -2.23. The van der Waals surface area contributed by atoms with Gasteiger partial charge in [-0.2, -0.15) is 0 Å². The Hall–Kier alpha value is -2.43. The average Bonchev–Trinajstić information content (AvgIpc) is 3.22. The van der Waals surface area contributed by atoms with E-state index in [1.54, 1.807) is 6.20 Å². The highest BCUT2D eigenvalue weighted by Gasteiger charge is 2.43. The third-order valence-electron chi connectivity index (χ3n) is 3.66. The standard InChI is InChI=1S/C15H14N2O3/c18-14-13(10-4-2-1-3-5-10)7-16-9-17(14)8-11-6-12(11)15(19)20/h1-5,7,9,11-12H,6,8H2,(H,19,20)/t11-,12+/m0/s1. The van der Waals surface area contributed by atoms with Crippen LogP contribution in [0.1, 0.15) is 6.42 Å². The number of nitrogens with zero attached hydrogens (tertiary/aromatic N) is 2. The molecule has 1 aliphatic carbocycles. The van der Waals surface area contributed by atoms with Gasteiger partial charge in [0.15, 0.2) is 0 Å². The molecular weight excluding hydrogens is 256 g/mol. The molecular formula is C15H14N2O3. The summed E-state index contributed by atoms with van der Waals surface area (Å²) in [6, 6.07) is 9.35. The number of carboxylic acids is 1. The summed E-state index contributed by atoms with van der Waals surface area (Å²) in [4.78, 5) is 27.3. The molecule has 102 valence electrons. The summed E-state index contributed by atoms with van der Waals surface area (Å²) in [5.41, 5.74) is 1.24. The molecule has 5 heteroatoms. The van der Waals surface area contributed by atoms with Crippen molar-refractivity contribution in [3.8, 4) is 11.1 Å². The largest absolute Gasteiger partial charge is 0.481 e. The van der Waals surface area contributed by atoms with Gasteiger partial charge in [0.1, 0.15) is 0 Å². The van der Waals surface area contributed by atoms with Gasteiger partial charge < -0.3 is 5.11 Å². The molecule has 1 N–H and O–H groups in total. The molecule has 0 unspecified atom stereocenters. The molecule has 20 heavy (non-hydrogen) atoms. The number of aromatic nitrogens is 2. The van der Waals surface area contributed by atoms with Gasteiger partial charge in [-0.15, -0.1) is 0 Å². The minimum atomic E-state index is -0.782. The van der Waals surface area contributed by atoms with Crippen molar-refractivity contribution in [1.82, 2.24) is 9.55 Å². The van der Waals surface area contributed by atoms with Crippen LogP contribution in [0.2, 0.25) is 0 Å². The van der Waals surface area contributed by atoms with E-state index in [-0.39, 0.29) is 17.4 Å². The van der Waals surface area contributed by atoms with Crippen molar-refractivity contribution in [3.63, 3.8) is 0 Å². The van der Waals surface area contributed by atoms with Gasteiger partial charge in [-0.05, 0) is 17.9 Å². The van der Waals surface area contributed by atoms with Crippen molar-refractivity contribution in [2.24, 2.45) is 11.8 Å². The second-order valence-electron chi connectivity index (χ2n) is 5.07. The lowest BCUT2D eigenvalue weighted by atomic mass is 10.1. The molecule has 0 bridgehead atoms. The van der Waals surface area contributed by atoms with Crippen LogP contribution >= 0.6 is 0 Å². The number of carbonyl (C=O) groups is 1. The van der Waals surface area contributed by atoms with Crippen molar-refractivity contribution in [2.45, 2.75) is 13.0 Å². The van der Waals surface area contributed by atoms with E-state index in [2.05, 4.69) is 4.98 Å². The van der Waals surface area contributed by atoms with Crippen molar-refractivity contribution < 1.29 is 9.90 Å². The first-order chi connectivity index (χ1) is 9.66. The third-order valence-corrected chi connectivity index (χ3v) is 3.66. The number of aliphatic carboxylic acids is 1. The van der Waals surface area contributed by atoms with Gasteiger partial charge in [-0.3, -0.25) is 14.2 Å². The highest BCUT2D eigenvalue weighted by Crippen LogP contribution is 2.39. The highest BCUT2D eigenvalue weighted by atomic mass is 16.4. The van der Waals surface area contributed by atoms with Crippen LogP contribution in [0.4, 0.5) is 0 Å². The van der Waals surface area contributed by atoms with E-state index < -0.39 is 5.97 Å². The second-order valence-corrected chi connectivity index (χ2v) is 5.07. The van der Waals surface area contributed by atoms with Crippen LogP contribution < -0.4 is 5.56 Å². The lowest BCUT2D eigenvalue weighted by molar-refractivity contribution is -0.138. The number of hydrogen-bond donors (Lipinski definition) is 1. The second kappa shape index (κ2) is 4.92. The number of hydrogen-bond acceptors (Lipinski definition) is 3. The van der Waals surface area contributed by atoms with Gasteiger partial charge in [0.2, 0.25) is 0 Å². The van der Waals surface area contributed by atoms with E-state index in [9.17, 15) is 9.59 Å². The summed E-state index contributed by atoms with van der Waals surface area (Å²) < 4.78 is 1.51. The summed E-state index contributed by atoms with van der Waals surface area (Å²) in [5, 5.41) is 8.90. The molecule has 3 rings (SSSR count). The van der Waals surface area contributed by atoms with Crippen LogP contribution in [0.3, 0.4) is 0 Å².